The summed E-state index contributed by atoms with van der Waals surface area (Å²) in [5.74, 6) is 0.458. The largest absolute Gasteiger partial charge is 0.494 e. The molecule has 0 N–H and O–H groups in total. The van der Waals surface area contributed by atoms with Crippen LogP contribution < -0.4 is 4.74 Å². The van der Waals surface area contributed by atoms with E-state index in [1.807, 2.05) is 13.8 Å². The van der Waals surface area contributed by atoms with Crippen LogP contribution in [0.1, 0.15) is 24.2 Å². The molecule has 0 saturated carbocycles. The van der Waals surface area contributed by atoms with Gasteiger partial charge < -0.3 is 4.74 Å². The zero-order chi connectivity index (χ0) is 10.7. The number of hydrogen-bond donors (Lipinski definition) is 0. The molecule has 0 spiro atoms. The van der Waals surface area contributed by atoms with Crippen molar-refractivity contribution in [1.29, 1.82) is 0 Å². The number of para-hydroxylation sites is 1. The standard InChI is InChI=1S/C11H13ClO2/c1-7(2)10(13)8-5-4-6-9(12)11(8)14-3/h4-7H,1-3H3. The Hall–Kier alpha value is -1.02. The van der Waals surface area contributed by atoms with Crippen molar-refractivity contribution in [2.24, 2.45) is 5.92 Å². The molecule has 0 amide bonds. The van der Waals surface area contributed by atoms with E-state index in [-0.39, 0.29) is 11.7 Å². The van der Waals surface area contributed by atoms with Gasteiger partial charge in [0.2, 0.25) is 0 Å². The van der Waals surface area contributed by atoms with Crippen molar-refractivity contribution in [3.8, 4) is 5.75 Å². The minimum atomic E-state index is -0.0534. The number of rotatable bonds is 3. The number of ether oxygens (including phenoxy) is 1. The summed E-state index contributed by atoms with van der Waals surface area (Å²) in [6.07, 6.45) is 0. The molecule has 0 aliphatic rings. The molecule has 3 heteroatoms. The lowest BCUT2D eigenvalue weighted by atomic mass is 10.0. The Bertz CT molecular complexity index is 345. The Morgan fingerprint density at radius 3 is 2.57 bits per heavy atom. The third-order valence-corrected chi connectivity index (χ3v) is 2.26. The molecule has 0 unspecified atom stereocenters. The Morgan fingerprint density at radius 1 is 1.43 bits per heavy atom. The van der Waals surface area contributed by atoms with Crippen molar-refractivity contribution in [2.75, 3.05) is 7.11 Å². The molecule has 14 heavy (non-hydrogen) atoms. The van der Waals surface area contributed by atoms with E-state index >= 15 is 0 Å². The van der Waals surface area contributed by atoms with Crippen LogP contribution in [0, 0.1) is 5.92 Å². The number of benzene rings is 1. The van der Waals surface area contributed by atoms with Crippen molar-refractivity contribution in [2.45, 2.75) is 13.8 Å². The van der Waals surface area contributed by atoms with Crippen LogP contribution >= 0.6 is 11.6 Å². The molecule has 0 fully saturated rings. The maximum Gasteiger partial charge on any atom is 0.169 e. The summed E-state index contributed by atoms with van der Waals surface area (Å²) in [5, 5.41) is 0.471. The summed E-state index contributed by atoms with van der Waals surface area (Å²) >= 11 is 5.90. The fraction of sp³-hybridized carbons (Fsp3) is 0.364. The molecule has 0 radical (unpaired) electrons. The van der Waals surface area contributed by atoms with Gasteiger partial charge in [0, 0.05) is 5.92 Å². The van der Waals surface area contributed by atoms with E-state index < -0.39 is 0 Å². The molecule has 2 nitrogen and oxygen atoms in total. The first kappa shape index (κ1) is 11.1. The Balaban J connectivity index is 3.20. The zero-order valence-electron chi connectivity index (χ0n) is 8.50. The van der Waals surface area contributed by atoms with Gasteiger partial charge in [-0.3, -0.25) is 4.79 Å². The first-order valence-corrected chi connectivity index (χ1v) is 4.82. The number of hydrogen-bond acceptors (Lipinski definition) is 2. The minimum absolute atomic E-state index is 0.0457. The molecule has 0 aromatic heterocycles. The maximum absolute atomic E-state index is 11.7. The van der Waals surface area contributed by atoms with Gasteiger partial charge in [0.1, 0.15) is 5.75 Å². The Kier molecular flexibility index (Phi) is 3.53. The monoisotopic (exact) mass is 212 g/mol. The van der Waals surface area contributed by atoms with E-state index in [2.05, 4.69) is 0 Å². The van der Waals surface area contributed by atoms with E-state index in [0.717, 1.165) is 0 Å². The van der Waals surface area contributed by atoms with Crippen molar-refractivity contribution in [3.05, 3.63) is 28.8 Å². The zero-order valence-corrected chi connectivity index (χ0v) is 9.26. The first-order chi connectivity index (χ1) is 6.57. The number of carbonyl (C=O) groups excluding carboxylic acids is 1. The van der Waals surface area contributed by atoms with E-state index in [1.54, 1.807) is 18.2 Å². The van der Waals surface area contributed by atoms with Gasteiger partial charge in [-0.2, -0.15) is 0 Å². The van der Waals surface area contributed by atoms with Crippen molar-refractivity contribution >= 4 is 17.4 Å². The molecule has 0 saturated heterocycles. The molecule has 1 rings (SSSR count). The summed E-state index contributed by atoms with van der Waals surface area (Å²) in [4.78, 5) is 11.7. The van der Waals surface area contributed by atoms with Crippen LogP contribution in [0.25, 0.3) is 0 Å². The molecule has 1 aromatic rings. The highest BCUT2D eigenvalue weighted by atomic mass is 35.5. The second-order valence-electron chi connectivity index (χ2n) is 3.34. The summed E-state index contributed by atoms with van der Waals surface area (Å²) in [7, 11) is 1.51. The van der Waals surface area contributed by atoms with Crippen molar-refractivity contribution in [3.63, 3.8) is 0 Å². The molecule has 0 aliphatic heterocycles. The van der Waals surface area contributed by atoms with Crippen molar-refractivity contribution in [1.82, 2.24) is 0 Å². The van der Waals surface area contributed by atoms with Crippen LogP contribution in [0.15, 0.2) is 18.2 Å². The number of ketones is 1. The highest BCUT2D eigenvalue weighted by Gasteiger charge is 2.17. The Labute approximate surface area is 88.8 Å². The van der Waals surface area contributed by atoms with Gasteiger partial charge in [0.15, 0.2) is 5.78 Å². The predicted molar refractivity (Wildman–Crippen MR) is 57.2 cm³/mol. The third kappa shape index (κ3) is 2.07. The van der Waals surface area contributed by atoms with Crippen LogP contribution in [0.5, 0.6) is 5.75 Å². The third-order valence-electron chi connectivity index (χ3n) is 1.96. The summed E-state index contributed by atoms with van der Waals surface area (Å²) < 4.78 is 5.09. The maximum atomic E-state index is 11.7. The van der Waals surface area contributed by atoms with E-state index in [4.69, 9.17) is 16.3 Å². The van der Waals surface area contributed by atoms with Crippen LogP contribution in [0.3, 0.4) is 0 Å². The highest BCUT2D eigenvalue weighted by molar-refractivity contribution is 6.32. The highest BCUT2D eigenvalue weighted by Crippen LogP contribution is 2.29. The number of carbonyl (C=O) groups is 1. The van der Waals surface area contributed by atoms with Gasteiger partial charge in [0.05, 0.1) is 17.7 Å². The lowest BCUT2D eigenvalue weighted by Crippen LogP contribution is -2.09. The van der Waals surface area contributed by atoms with Crippen LogP contribution in [-0.2, 0) is 0 Å². The van der Waals surface area contributed by atoms with Crippen LogP contribution in [0.2, 0.25) is 5.02 Å². The van der Waals surface area contributed by atoms with Gasteiger partial charge >= 0.3 is 0 Å². The van der Waals surface area contributed by atoms with Gasteiger partial charge in [-0.15, -0.1) is 0 Å². The molecular formula is C11H13ClO2. The minimum Gasteiger partial charge on any atom is -0.494 e. The summed E-state index contributed by atoms with van der Waals surface area (Å²) in [6, 6.07) is 5.19. The number of halogens is 1. The van der Waals surface area contributed by atoms with E-state index in [0.29, 0.717) is 16.3 Å². The fourth-order valence-corrected chi connectivity index (χ4v) is 1.47. The molecule has 0 bridgehead atoms. The molecule has 1 aromatic carbocycles. The van der Waals surface area contributed by atoms with E-state index in [1.165, 1.54) is 7.11 Å². The SMILES string of the molecule is COc1c(Cl)cccc1C(=O)C(C)C. The molecular weight excluding hydrogens is 200 g/mol. The summed E-state index contributed by atoms with van der Waals surface area (Å²) in [5.41, 5.74) is 0.551. The van der Waals surface area contributed by atoms with E-state index in [9.17, 15) is 4.79 Å². The van der Waals surface area contributed by atoms with Gasteiger partial charge in [-0.25, -0.2) is 0 Å². The second-order valence-corrected chi connectivity index (χ2v) is 3.75. The number of Topliss-reactive ketones (excluding diaryl/α,β-unsaturated/α-hetero) is 1. The smallest absolute Gasteiger partial charge is 0.169 e. The number of methoxy groups -OCH3 is 1. The first-order valence-electron chi connectivity index (χ1n) is 4.44. The molecule has 0 aliphatic carbocycles. The van der Waals surface area contributed by atoms with Gasteiger partial charge in [-0.05, 0) is 12.1 Å². The molecule has 76 valence electrons. The average molecular weight is 213 g/mol. The molecule has 0 atom stereocenters. The lowest BCUT2D eigenvalue weighted by Gasteiger charge is -2.10. The fourth-order valence-electron chi connectivity index (χ4n) is 1.22. The van der Waals surface area contributed by atoms with Crippen molar-refractivity contribution < 1.29 is 9.53 Å². The lowest BCUT2D eigenvalue weighted by molar-refractivity contribution is 0.0936. The molecule has 0 heterocycles. The Morgan fingerprint density at radius 2 is 2.07 bits per heavy atom. The van der Waals surface area contributed by atoms with Gasteiger partial charge in [-0.1, -0.05) is 31.5 Å². The normalized spacial score (nSPS) is 10.4. The predicted octanol–water partition coefficient (Wildman–Crippen LogP) is 3.19. The average Bonchev–Trinajstić information content (AvgIpc) is 2.16. The van der Waals surface area contributed by atoms with Crippen LogP contribution in [-0.4, -0.2) is 12.9 Å². The quantitative estimate of drug-likeness (QED) is 0.720. The second kappa shape index (κ2) is 4.47. The van der Waals surface area contributed by atoms with Gasteiger partial charge in [0.25, 0.3) is 0 Å². The van der Waals surface area contributed by atoms with Crippen LogP contribution in [0.4, 0.5) is 0 Å². The summed E-state index contributed by atoms with van der Waals surface area (Å²) in [6.45, 7) is 3.70. The topological polar surface area (TPSA) is 26.3 Å².